The van der Waals surface area contributed by atoms with Crippen LogP contribution in [0.5, 0.6) is 0 Å². The Labute approximate surface area is 203 Å². The summed E-state index contributed by atoms with van der Waals surface area (Å²) in [7, 11) is 4.38. The molecule has 0 aliphatic rings. The van der Waals surface area contributed by atoms with E-state index in [1.807, 2.05) is 26.0 Å². The minimum Gasteiger partial charge on any atom is -0.501 e. The zero-order valence-electron chi connectivity index (χ0n) is 19.3. The maximum atomic E-state index is 13.7. The largest absolute Gasteiger partial charge is 0.501 e. The zero-order chi connectivity index (χ0) is 24.0. The van der Waals surface area contributed by atoms with E-state index in [-0.39, 0.29) is 5.82 Å². The summed E-state index contributed by atoms with van der Waals surface area (Å²) < 4.78 is 19.2. The lowest BCUT2D eigenvalue weighted by atomic mass is 9.87. The smallest absolute Gasteiger partial charge is 0.123 e. The summed E-state index contributed by atoms with van der Waals surface area (Å²) >= 11 is 6.27. The molecule has 0 N–H and O–H groups in total. The third-order valence-corrected chi connectivity index (χ3v) is 6.16. The van der Waals surface area contributed by atoms with Gasteiger partial charge in [0.2, 0.25) is 0 Å². The molecule has 1 unspecified atom stereocenters. The highest BCUT2D eigenvalue weighted by atomic mass is 35.5. The number of hydrogen-bond donors (Lipinski definition) is 0. The Morgan fingerprint density at radius 3 is 1.82 bits per heavy atom. The van der Waals surface area contributed by atoms with Crippen molar-refractivity contribution >= 4 is 42.9 Å². The maximum Gasteiger partial charge on any atom is 0.123 e. The van der Waals surface area contributed by atoms with Crippen molar-refractivity contribution in [2.75, 3.05) is 13.0 Å². The molecule has 0 bridgehead atoms. The molecule has 3 aromatic carbocycles. The topological polar surface area (TPSA) is 9.23 Å². The van der Waals surface area contributed by atoms with Crippen molar-refractivity contribution in [3.63, 3.8) is 0 Å². The zero-order valence-corrected chi connectivity index (χ0v) is 21.2. The second kappa shape index (κ2) is 11.5. The van der Waals surface area contributed by atoms with Crippen LogP contribution in [0.25, 0.3) is 16.7 Å². The molecule has 0 saturated carbocycles. The van der Waals surface area contributed by atoms with Crippen LogP contribution < -0.4 is 5.30 Å². The van der Waals surface area contributed by atoms with Gasteiger partial charge < -0.3 is 4.74 Å². The number of ether oxygens (including phenoxy) is 1. The summed E-state index contributed by atoms with van der Waals surface area (Å²) in [5, 5.41) is 1.10. The molecule has 170 valence electrons. The van der Waals surface area contributed by atoms with Crippen molar-refractivity contribution in [3.05, 3.63) is 119 Å². The van der Waals surface area contributed by atoms with Gasteiger partial charge in [0.05, 0.1) is 7.11 Å². The molecule has 0 aromatic heterocycles. The van der Waals surface area contributed by atoms with Crippen LogP contribution in [-0.4, -0.2) is 13.0 Å². The monoisotopic (exact) mass is 478 g/mol. The van der Waals surface area contributed by atoms with E-state index in [1.54, 1.807) is 7.11 Å². The van der Waals surface area contributed by atoms with Crippen LogP contribution in [0, 0.1) is 5.82 Å². The Bertz CT molecular complexity index is 1130. The number of rotatable bonds is 8. The standard InChI is InChI=1S/C29H29ClFOP/c1-19(2)28(20(3)32-4)22-7-5-21(6-8-22)27(17-18-30)29(23-9-13-25(31)14-10-23)24-11-15-26(33)16-12-24/h5-16H,1,17-18,33H2,2-4H3/b28-20+,29-27+. The summed E-state index contributed by atoms with van der Waals surface area (Å²) in [6, 6.07) is 23.3. The van der Waals surface area contributed by atoms with Gasteiger partial charge in [-0.25, -0.2) is 4.39 Å². The normalized spacial score (nSPS) is 12.7. The molecule has 0 saturated heterocycles. The molecule has 0 spiro atoms. The average molecular weight is 479 g/mol. The van der Waals surface area contributed by atoms with Crippen LogP contribution in [0.1, 0.15) is 42.5 Å². The first-order valence-electron chi connectivity index (χ1n) is 10.8. The van der Waals surface area contributed by atoms with Crippen LogP contribution in [0.3, 0.4) is 0 Å². The molecular weight excluding hydrogens is 450 g/mol. The van der Waals surface area contributed by atoms with E-state index >= 15 is 0 Å². The fourth-order valence-electron chi connectivity index (χ4n) is 3.98. The summed E-state index contributed by atoms with van der Waals surface area (Å²) in [6.45, 7) is 8.04. The number of halogens is 2. The van der Waals surface area contributed by atoms with Crippen molar-refractivity contribution in [2.24, 2.45) is 0 Å². The highest BCUT2D eigenvalue weighted by Crippen LogP contribution is 2.36. The van der Waals surface area contributed by atoms with Crippen molar-refractivity contribution in [1.29, 1.82) is 0 Å². The quantitative estimate of drug-likeness (QED) is 0.105. The van der Waals surface area contributed by atoms with Gasteiger partial charge in [-0.3, -0.25) is 0 Å². The van der Waals surface area contributed by atoms with E-state index < -0.39 is 0 Å². The fourth-order valence-corrected chi connectivity index (χ4v) is 4.36. The maximum absolute atomic E-state index is 13.7. The Balaban J connectivity index is 2.22. The Morgan fingerprint density at radius 2 is 1.33 bits per heavy atom. The fraction of sp³-hybridized carbons (Fsp3) is 0.172. The van der Waals surface area contributed by atoms with Gasteiger partial charge in [-0.2, -0.15) is 0 Å². The molecule has 1 nitrogen and oxygen atoms in total. The Kier molecular flexibility index (Phi) is 8.67. The first kappa shape index (κ1) is 25.0. The lowest BCUT2D eigenvalue weighted by molar-refractivity contribution is 0.296. The second-order valence-corrected chi connectivity index (χ2v) is 8.96. The molecule has 0 radical (unpaired) electrons. The highest BCUT2D eigenvalue weighted by molar-refractivity contribution is 7.27. The summed E-state index contributed by atoms with van der Waals surface area (Å²) in [5.74, 6) is 1.05. The molecular formula is C29H29ClFOP. The minimum absolute atomic E-state index is 0.255. The average Bonchev–Trinajstić information content (AvgIpc) is 2.81. The molecule has 0 fully saturated rings. The SMILES string of the molecule is C=C(C)/C(=C(/C)OC)c1ccc(/C(CCCl)=C(\c2ccc(F)cc2)c2ccc(P)cc2)cc1. The van der Waals surface area contributed by atoms with Crippen molar-refractivity contribution in [1.82, 2.24) is 0 Å². The van der Waals surface area contributed by atoms with Crippen molar-refractivity contribution in [2.45, 2.75) is 20.3 Å². The third-order valence-electron chi connectivity index (χ3n) is 5.59. The molecule has 4 heteroatoms. The Hall–Kier alpha value is -2.67. The molecule has 1 atom stereocenters. The van der Waals surface area contributed by atoms with Crippen LogP contribution in [0.4, 0.5) is 4.39 Å². The van der Waals surface area contributed by atoms with E-state index in [9.17, 15) is 4.39 Å². The minimum atomic E-state index is -0.255. The van der Waals surface area contributed by atoms with E-state index in [4.69, 9.17) is 16.3 Å². The molecule has 0 aliphatic carbocycles. The van der Waals surface area contributed by atoms with Crippen molar-refractivity contribution in [3.8, 4) is 0 Å². The van der Waals surface area contributed by atoms with Crippen molar-refractivity contribution < 1.29 is 9.13 Å². The molecule has 0 heterocycles. The van der Waals surface area contributed by atoms with E-state index in [2.05, 4.69) is 64.3 Å². The summed E-state index contributed by atoms with van der Waals surface area (Å²) in [4.78, 5) is 0. The number of allylic oxidation sites excluding steroid dienone is 4. The van der Waals surface area contributed by atoms with Gasteiger partial charge in [-0.05, 0) is 76.7 Å². The lowest BCUT2D eigenvalue weighted by Crippen LogP contribution is -1.99. The summed E-state index contributed by atoms with van der Waals surface area (Å²) in [5.41, 5.74) is 8.26. The Morgan fingerprint density at radius 1 is 0.848 bits per heavy atom. The number of hydrogen-bond acceptors (Lipinski definition) is 1. The van der Waals surface area contributed by atoms with Gasteiger partial charge in [0, 0.05) is 11.5 Å². The second-order valence-electron chi connectivity index (χ2n) is 7.91. The number of benzene rings is 3. The predicted octanol–water partition coefficient (Wildman–Crippen LogP) is 7.87. The van der Waals surface area contributed by atoms with Crippen LogP contribution in [-0.2, 0) is 4.74 Å². The van der Waals surface area contributed by atoms with Gasteiger partial charge >= 0.3 is 0 Å². The lowest BCUT2D eigenvalue weighted by Gasteiger charge is -2.18. The predicted molar refractivity (Wildman–Crippen MR) is 144 cm³/mol. The number of methoxy groups -OCH3 is 1. The third kappa shape index (κ3) is 6.02. The van der Waals surface area contributed by atoms with Crippen LogP contribution >= 0.6 is 20.8 Å². The highest BCUT2D eigenvalue weighted by Gasteiger charge is 2.15. The van der Waals surface area contributed by atoms with Gasteiger partial charge in [0.25, 0.3) is 0 Å². The van der Waals surface area contributed by atoms with Crippen LogP contribution in [0.2, 0.25) is 0 Å². The first-order chi connectivity index (χ1) is 15.8. The van der Waals surface area contributed by atoms with Gasteiger partial charge in [0.15, 0.2) is 0 Å². The molecule has 3 rings (SSSR count). The first-order valence-corrected chi connectivity index (χ1v) is 11.9. The van der Waals surface area contributed by atoms with Gasteiger partial charge in [-0.15, -0.1) is 20.8 Å². The number of alkyl halides is 1. The van der Waals surface area contributed by atoms with Gasteiger partial charge in [-0.1, -0.05) is 67.2 Å². The molecule has 33 heavy (non-hydrogen) atoms. The van der Waals surface area contributed by atoms with E-state index in [0.29, 0.717) is 12.3 Å². The molecule has 0 amide bonds. The van der Waals surface area contributed by atoms with E-state index in [0.717, 1.165) is 55.6 Å². The van der Waals surface area contributed by atoms with Crippen LogP contribution in [0.15, 0.2) is 90.7 Å². The van der Waals surface area contributed by atoms with E-state index in [1.165, 1.54) is 12.1 Å². The molecule has 0 aliphatic heterocycles. The summed E-state index contributed by atoms with van der Waals surface area (Å²) in [6.07, 6.45) is 0.677. The van der Waals surface area contributed by atoms with Gasteiger partial charge in [0.1, 0.15) is 11.6 Å². The molecule has 3 aromatic rings.